The lowest BCUT2D eigenvalue weighted by molar-refractivity contribution is -0.385. The van der Waals surface area contributed by atoms with E-state index < -0.39 is 4.92 Å². The van der Waals surface area contributed by atoms with Crippen LogP contribution in [0.25, 0.3) is 10.2 Å². The molecule has 0 saturated carbocycles. The number of nitrogens with one attached hydrogen (secondary N) is 2. The van der Waals surface area contributed by atoms with E-state index in [1.165, 1.54) is 23.6 Å². The molecule has 2 N–H and O–H groups in total. The smallest absolute Gasteiger partial charge is 0.273 e. The number of fused-ring (bicyclic) bond motifs is 1. The van der Waals surface area contributed by atoms with Crippen LogP contribution in [0.1, 0.15) is 18.1 Å². The molecule has 0 aliphatic heterocycles. The van der Waals surface area contributed by atoms with Crippen LogP contribution in [0.15, 0.2) is 47.6 Å². The summed E-state index contributed by atoms with van der Waals surface area (Å²) in [5.74, 6) is -0.342. The van der Waals surface area contributed by atoms with E-state index in [0.717, 1.165) is 10.2 Å². The first-order valence-electron chi connectivity index (χ1n) is 8.25. The number of carbonyl (C=O) groups is 1. The summed E-state index contributed by atoms with van der Waals surface area (Å²) < 4.78 is 1.04. The minimum atomic E-state index is -0.420. The molecule has 0 bridgehead atoms. The van der Waals surface area contributed by atoms with Crippen molar-refractivity contribution in [3.63, 3.8) is 0 Å². The molecule has 0 saturated heterocycles. The Hall–Kier alpha value is -3.33. The van der Waals surface area contributed by atoms with Crippen molar-refractivity contribution < 1.29 is 9.72 Å². The monoisotopic (exact) mass is 383 g/mol. The van der Waals surface area contributed by atoms with E-state index in [4.69, 9.17) is 0 Å². The molecular formula is C18H17N5O3S. The van der Waals surface area contributed by atoms with E-state index in [2.05, 4.69) is 20.8 Å². The normalized spacial score (nSPS) is 11.0. The van der Waals surface area contributed by atoms with Crippen LogP contribution in [-0.2, 0) is 11.2 Å². The lowest BCUT2D eigenvalue weighted by atomic mass is 10.1. The van der Waals surface area contributed by atoms with Crippen molar-refractivity contribution in [1.82, 2.24) is 10.4 Å². The molecule has 0 fully saturated rings. The van der Waals surface area contributed by atoms with Gasteiger partial charge < -0.3 is 5.32 Å². The largest absolute Gasteiger partial charge is 0.352 e. The van der Waals surface area contributed by atoms with E-state index in [-0.39, 0.29) is 18.1 Å². The molecular weight excluding hydrogens is 366 g/mol. The minimum Gasteiger partial charge on any atom is -0.352 e. The third-order valence-electron chi connectivity index (χ3n) is 3.78. The Kier molecular flexibility index (Phi) is 5.72. The van der Waals surface area contributed by atoms with E-state index in [1.807, 2.05) is 31.2 Å². The molecule has 1 aromatic heterocycles. The van der Waals surface area contributed by atoms with Gasteiger partial charge in [0.2, 0.25) is 0 Å². The van der Waals surface area contributed by atoms with Crippen LogP contribution in [-0.4, -0.2) is 28.6 Å². The van der Waals surface area contributed by atoms with Gasteiger partial charge in [-0.2, -0.15) is 5.10 Å². The van der Waals surface area contributed by atoms with Gasteiger partial charge in [-0.05, 0) is 18.6 Å². The van der Waals surface area contributed by atoms with Crippen LogP contribution in [0.3, 0.4) is 0 Å². The number of thiazole rings is 1. The van der Waals surface area contributed by atoms with Crippen molar-refractivity contribution in [2.75, 3.05) is 11.9 Å². The number of rotatable bonds is 7. The van der Waals surface area contributed by atoms with Crippen LogP contribution in [0, 0.1) is 10.1 Å². The summed E-state index contributed by atoms with van der Waals surface area (Å²) in [6.07, 6.45) is 1.95. The number of hydrogen-bond acceptors (Lipinski definition) is 7. The Morgan fingerprint density at radius 1 is 1.33 bits per heavy atom. The second-order valence-electron chi connectivity index (χ2n) is 5.63. The molecule has 2 aromatic carbocycles. The Morgan fingerprint density at radius 3 is 2.89 bits per heavy atom. The second kappa shape index (κ2) is 8.37. The molecule has 3 rings (SSSR count). The summed E-state index contributed by atoms with van der Waals surface area (Å²) in [7, 11) is 0. The van der Waals surface area contributed by atoms with Gasteiger partial charge in [0.1, 0.15) is 0 Å². The number of para-hydroxylation sites is 1. The van der Waals surface area contributed by atoms with Crippen LogP contribution in [0.2, 0.25) is 0 Å². The van der Waals surface area contributed by atoms with Crippen molar-refractivity contribution >= 4 is 44.5 Å². The number of amides is 1. The number of hydrogen-bond donors (Lipinski definition) is 2. The van der Waals surface area contributed by atoms with Crippen LogP contribution in [0.5, 0.6) is 0 Å². The molecule has 0 unspecified atom stereocenters. The number of anilines is 1. The lowest BCUT2D eigenvalue weighted by Crippen LogP contribution is -2.25. The molecule has 9 heteroatoms. The van der Waals surface area contributed by atoms with Gasteiger partial charge in [-0.25, -0.2) is 10.4 Å². The fourth-order valence-electron chi connectivity index (χ4n) is 2.45. The third-order valence-corrected chi connectivity index (χ3v) is 4.78. The van der Waals surface area contributed by atoms with Crippen molar-refractivity contribution in [2.45, 2.75) is 13.3 Å². The van der Waals surface area contributed by atoms with Gasteiger partial charge in [-0.15, -0.1) is 0 Å². The number of carbonyl (C=O) groups excluding carboxylic acids is 1. The zero-order chi connectivity index (χ0) is 19.2. The minimum absolute atomic E-state index is 0.0199. The molecule has 0 radical (unpaired) electrons. The maximum absolute atomic E-state index is 11.9. The number of nitro groups is 1. The number of nitro benzene ring substituents is 1. The first-order chi connectivity index (χ1) is 13.1. The Balaban J connectivity index is 1.55. The predicted octanol–water partition coefficient (Wildman–Crippen LogP) is 3.33. The highest BCUT2D eigenvalue weighted by Gasteiger charge is 2.12. The number of nitrogens with zero attached hydrogens (tertiary/aromatic N) is 3. The Bertz CT molecular complexity index is 982. The van der Waals surface area contributed by atoms with Gasteiger partial charge in [0.25, 0.3) is 11.6 Å². The zero-order valence-electron chi connectivity index (χ0n) is 14.5. The SMILES string of the molecule is CCc1ccc(/C=N\NC(=O)CNc2nc3ccccc3s2)cc1[N+](=O)[O-]. The van der Waals surface area contributed by atoms with E-state index in [9.17, 15) is 14.9 Å². The topological polar surface area (TPSA) is 110 Å². The Labute approximate surface area is 159 Å². The van der Waals surface area contributed by atoms with Crippen molar-refractivity contribution in [1.29, 1.82) is 0 Å². The summed E-state index contributed by atoms with van der Waals surface area (Å²) in [5.41, 5.74) is 4.50. The quantitative estimate of drug-likeness (QED) is 0.369. The van der Waals surface area contributed by atoms with E-state index in [0.29, 0.717) is 22.7 Å². The second-order valence-corrected chi connectivity index (χ2v) is 6.66. The molecule has 0 aliphatic carbocycles. The number of aryl methyl sites for hydroxylation is 1. The van der Waals surface area contributed by atoms with Crippen molar-refractivity contribution in [3.05, 3.63) is 63.7 Å². The molecule has 0 spiro atoms. The highest BCUT2D eigenvalue weighted by atomic mass is 32.1. The summed E-state index contributed by atoms with van der Waals surface area (Å²) in [6, 6.07) is 12.6. The van der Waals surface area contributed by atoms with Gasteiger partial charge in [0.05, 0.1) is 27.9 Å². The van der Waals surface area contributed by atoms with Gasteiger partial charge >= 0.3 is 0 Å². The maximum Gasteiger partial charge on any atom is 0.273 e. The Morgan fingerprint density at radius 2 is 2.15 bits per heavy atom. The van der Waals surface area contributed by atoms with Crippen molar-refractivity contribution in [2.24, 2.45) is 5.10 Å². The molecule has 27 heavy (non-hydrogen) atoms. The van der Waals surface area contributed by atoms with Crippen LogP contribution in [0.4, 0.5) is 10.8 Å². The molecule has 8 nitrogen and oxygen atoms in total. The molecule has 0 aliphatic rings. The molecule has 3 aromatic rings. The molecule has 1 amide bonds. The van der Waals surface area contributed by atoms with E-state index in [1.54, 1.807) is 12.1 Å². The average molecular weight is 383 g/mol. The molecule has 0 atom stereocenters. The summed E-state index contributed by atoms with van der Waals surface area (Å²) in [5, 5.41) is 18.5. The summed E-state index contributed by atoms with van der Waals surface area (Å²) in [4.78, 5) is 26.9. The number of benzene rings is 2. The lowest BCUT2D eigenvalue weighted by Gasteiger charge is -2.02. The maximum atomic E-state index is 11.9. The van der Waals surface area contributed by atoms with Crippen LogP contribution >= 0.6 is 11.3 Å². The van der Waals surface area contributed by atoms with Gasteiger partial charge in [-0.3, -0.25) is 14.9 Å². The number of aromatic nitrogens is 1. The predicted molar refractivity (Wildman–Crippen MR) is 106 cm³/mol. The van der Waals surface area contributed by atoms with Gasteiger partial charge in [0, 0.05) is 17.2 Å². The van der Waals surface area contributed by atoms with Gasteiger partial charge in [-0.1, -0.05) is 42.5 Å². The fourth-order valence-corrected chi connectivity index (χ4v) is 3.31. The first-order valence-corrected chi connectivity index (χ1v) is 9.07. The number of hydrazone groups is 1. The summed E-state index contributed by atoms with van der Waals surface area (Å²) in [6.45, 7) is 1.88. The molecule has 1 heterocycles. The van der Waals surface area contributed by atoms with Crippen molar-refractivity contribution in [3.8, 4) is 0 Å². The highest BCUT2D eigenvalue weighted by molar-refractivity contribution is 7.22. The highest BCUT2D eigenvalue weighted by Crippen LogP contribution is 2.25. The first kappa shape index (κ1) is 18.5. The van der Waals surface area contributed by atoms with Crippen LogP contribution < -0.4 is 10.7 Å². The molecule has 138 valence electrons. The summed E-state index contributed by atoms with van der Waals surface area (Å²) >= 11 is 1.46. The van der Waals surface area contributed by atoms with Gasteiger partial charge in [0.15, 0.2) is 5.13 Å². The fraction of sp³-hybridized carbons (Fsp3) is 0.167. The standard InChI is InChI=1S/C18H17N5O3S/c1-2-13-8-7-12(9-15(13)23(25)26)10-20-22-17(24)11-19-18-21-14-5-3-4-6-16(14)27-18/h3-10H,2,11H2,1H3,(H,19,21)(H,22,24)/b20-10-. The average Bonchev–Trinajstić information content (AvgIpc) is 3.09. The zero-order valence-corrected chi connectivity index (χ0v) is 15.3. The third kappa shape index (κ3) is 4.64. The van der Waals surface area contributed by atoms with E-state index >= 15 is 0 Å².